The fraction of sp³-hybridized carbons (Fsp3) is 0.429. The molecule has 0 saturated carbocycles. The smallest absolute Gasteiger partial charge is 0.228 e. The highest BCUT2D eigenvalue weighted by Crippen LogP contribution is 2.15. The van der Waals surface area contributed by atoms with E-state index in [2.05, 4.69) is 18.7 Å². The molecule has 0 heterocycles. The minimum absolute atomic E-state index is 0.499. The number of hydrogen-bond donors (Lipinski definition) is 0. The van der Waals surface area contributed by atoms with Crippen LogP contribution in [0.3, 0.4) is 0 Å². The molecule has 0 N–H and O–H groups in total. The van der Waals surface area contributed by atoms with Crippen molar-refractivity contribution in [1.82, 2.24) is 0 Å². The summed E-state index contributed by atoms with van der Waals surface area (Å²) in [5, 5.41) is 0. The number of hydrogen-bond acceptors (Lipinski definition) is 3. The van der Waals surface area contributed by atoms with Gasteiger partial charge in [-0.3, -0.25) is 0 Å². The molecule has 0 aromatic heterocycles. The van der Waals surface area contributed by atoms with Crippen molar-refractivity contribution in [2.24, 2.45) is 0 Å². The van der Waals surface area contributed by atoms with Gasteiger partial charge in [0.1, 0.15) is 0 Å². The molecule has 0 radical (unpaired) electrons. The van der Waals surface area contributed by atoms with Crippen LogP contribution in [0.4, 0.5) is 0 Å². The Morgan fingerprint density at radius 3 is 2.28 bits per heavy atom. The van der Waals surface area contributed by atoms with Gasteiger partial charge in [0.2, 0.25) is 9.76 Å². The van der Waals surface area contributed by atoms with Gasteiger partial charge in [0.15, 0.2) is 5.41 Å². The normalized spacial score (nSPS) is 12.2. The van der Waals surface area contributed by atoms with Gasteiger partial charge in [-0.15, -0.1) is 0 Å². The van der Waals surface area contributed by atoms with Crippen LogP contribution >= 0.6 is 0 Å². The van der Waals surface area contributed by atoms with Crippen molar-refractivity contribution in [1.29, 1.82) is 0 Å². The van der Waals surface area contributed by atoms with Crippen LogP contribution in [-0.2, 0) is 20.5 Å². The SMILES string of the molecule is C=Cc1ccc(CO[SiH2]C(CC)(OC)OC)cc1. The Morgan fingerprint density at radius 2 is 1.83 bits per heavy atom. The third-order valence-corrected chi connectivity index (χ3v) is 5.01. The molecule has 1 rings (SSSR count). The van der Waals surface area contributed by atoms with E-state index in [1.807, 2.05) is 25.1 Å². The molecule has 0 unspecified atom stereocenters. The molecule has 0 aliphatic heterocycles. The van der Waals surface area contributed by atoms with Crippen molar-refractivity contribution in [3.05, 3.63) is 42.0 Å². The lowest BCUT2D eigenvalue weighted by atomic mass is 10.1. The zero-order chi connectivity index (χ0) is 13.4. The van der Waals surface area contributed by atoms with Crippen LogP contribution in [0.5, 0.6) is 0 Å². The molecule has 1 aromatic rings. The van der Waals surface area contributed by atoms with E-state index in [1.54, 1.807) is 14.2 Å². The highest BCUT2D eigenvalue weighted by atomic mass is 28.2. The van der Waals surface area contributed by atoms with Crippen LogP contribution in [0.25, 0.3) is 6.08 Å². The fourth-order valence-electron chi connectivity index (χ4n) is 1.67. The van der Waals surface area contributed by atoms with E-state index in [-0.39, 0.29) is 0 Å². The average Bonchev–Trinajstić information content (AvgIpc) is 2.45. The summed E-state index contributed by atoms with van der Waals surface area (Å²) >= 11 is 0. The summed E-state index contributed by atoms with van der Waals surface area (Å²) in [4.78, 5) is 0. The van der Waals surface area contributed by atoms with Crippen molar-refractivity contribution in [3.8, 4) is 0 Å². The predicted molar refractivity (Wildman–Crippen MR) is 76.9 cm³/mol. The number of rotatable bonds is 8. The highest BCUT2D eigenvalue weighted by molar-refractivity contribution is 6.30. The molecule has 3 nitrogen and oxygen atoms in total. The lowest BCUT2D eigenvalue weighted by Crippen LogP contribution is -2.41. The second kappa shape index (κ2) is 7.48. The van der Waals surface area contributed by atoms with Crippen molar-refractivity contribution >= 4 is 15.8 Å². The molecule has 0 atom stereocenters. The van der Waals surface area contributed by atoms with Crippen molar-refractivity contribution in [2.45, 2.75) is 25.4 Å². The second-order valence-electron chi connectivity index (χ2n) is 4.11. The maximum atomic E-state index is 5.79. The van der Waals surface area contributed by atoms with Crippen LogP contribution in [0.2, 0.25) is 0 Å². The third kappa shape index (κ3) is 4.06. The number of ether oxygens (including phenoxy) is 2. The molecule has 0 aliphatic carbocycles. The minimum atomic E-state index is -0.905. The van der Waals surface area contributed by atoms with Crippen molar-refractivity contribution in [3.63, 3.8) is 0 Å². The van der Waals surface area contributed by atoms with Crippen LogP contribution in [0.1, 0.15) is 24.5 Å². The third-order valence-electron chi connectivity index (χ3n) is 3.09. The van der Waals surface area contributed by atoms with Crippen LogP contribution in [0.15, 0.2) is 30.8 Å². The van der Waals surface area contributed by atoms with E-state index in [4.69, 9.17) is 13.9 Å². The monoisotopic (exact) mass is 266 g/mol. The lowest BCUT2D eigenvalue weighted by molar-refractivity contribution is -0.153. The summed E-state index contributed by atoms with van der Waals surface area (Å²) in [5.74, 6) is 0. The zero-order valence-corrected chi connectivity index (χ0v) is 12.9. The summed E-state index contributed by atoms with van der Waals surface area (Å²) in [6.07, 6.45) is 2.64. The molecule has 0 bridgehead atoms. The van der Waals surface area contributed by atoms with E-state index in [0.29, 0.717) is 6.61 Å². The van der Waals surface area contributed by atoms with Gasteiger partial charge in [-0.1, -0.05) is 43.8 Å². The Morgan fingerprint density at radius 1 is 1.22 bits per heavy atom. The first-order chi connectivity index (χ1) is 8.69. The minimum Gasteiger partial charge on any atom is -0.414 e. The molecule has 0 fully saturated rings. The molecule has 100 valence electrons. The summed E-state index contributed by atoms with van der Waals surface area (Å²) in [7, 11) is 2.43. The van der Waals surface area contributed by atoms with Crippen LogP contribution in [-0.4, -0.2) is 29.4 Å². The first-order valence-electron chi connectivity index (χ1n) is 6.09. The topological polar surface area (TPSA) is 27.7 Å². The van der Waals surface area contributed by atoms with E-state index in [1.165, 1.54) is 0 Å². The average molecular weight is 266 g/mol. The number of methoxy groups -OCH3 is 2. The standard InChI is InChI=1S/C14H22O3Si/c1-5-12-7-9-13(10-8-12)11-17-18-14(6-2,15-3)16-4/h5,7-10H,1,6,11,18H2,2-4H3. The van der Waals surface area contributed by atoms with Crippen LogP contribution in [0, 0.1) is 0 Å². The van der Waals surface area contributed by atoms with Crippen LogP contribution < -0.4 is 0 Å². The Hall–Kier alpha value is -0.943. The van der Waals surface area contributed by atoms with Gasteiger partial charge in [-0.2, -0.15) is 0 Å². The van der Waals surface area contributed by atoms with Gasteiger partial charge in [0, 0.05) is 14.2 Å². The molecular formula is C14H22O3Si. The fourth-order valence-corrected chi connectivity index (χ4v) is 2.75. The second-order valence-corrected chi connectivity index (χ2v) is 5.89. The zero-order valence-electron chi connectivity index (χ0n) is 11.4. The maximum Gasteiger partial charge on any atom is 0.228 e. The Bertz CT molecular complexity index is 350. The summed E-state index contributed by atoms with van der Waals surface area (Å²) in [5.41, 5.74) is 1.78. The number of benzene rings is 1. The molecule has 0 saturated heterocycles. The molecule has 1 aromatic carbocycles. The molecule has 0 amide bonds. The lowest BCUT2D eigenvalue weighted by Gasteiger charge is -2.28. The predicted octanol–water partition coefficient (Wildman–Crippen LogP) is 2.29. The van der Waals surface area contributed by atoms with E-state index in [9.17, 15) is 0 Å². The highest BCUT2D eigenvalue weighted by Gasteiger charge is 2.28. The van der Waals surface area contributed by atoms with Gasteiger partial charge in [0.05, 0.1) is 6.61 Å². The molecular weight excluding hydrogens is 244 g/mol. The molecule has 0 aliphatic rings. The van der Waals surface area contributed by atoms with Gasteiger partial charge < -0.3 is 13.9 Å². The largest absolute Gasteiger partial charge is 0.414 e. The first-order valence-corrected chi connectivity index (χ1v) is 7.37. The van der Waals surface area contributed by atoms with E-state index < -0.39 is 15.2 Å². The Labute approximate surface area is 112 Å². The van der Waals surface area contributed by atoms with Gasteiger partial charge in [-0.25, -0.2) is 0 Å². The van der Waals surface area contributed by atoms with Gasteiger partial charge in [0.25, 0.3) is 0 Å². The molecule has 4 heteroatoms. The van der Waals surface area contributed by atoms with E-state index >= 15 is 0 Å². The maximum absolute atomic E-state index is 5.79. The summed E-state index contributed by atoms with van der Waals surface area (Å²) in [6, 6.07) is 8.18. The van der Waals surface area contributed by atoms with Gasteiger partial charge in [-0.05, 0) is 17.5 Å². The quantitative estimate of drug-likeness (QED) is 0.534. The van der Waals surface area contributed by atoms with E-state index in [0.717, 1.165) is 17.5 Å². The van der Waals surface area contributed by atoms with Crippen molar-refractivity contribution < 1.29 is 13.9 Å². The Kier molecular flexibility index (Phi) is 6.28. The summed E-state index contributed by atoms with van der Waals surface area (Å²) < 4.78 is 16.6. The summed E-state index contributed by atoms with van der Waals surface area (Å²) in [6.45, 7) is 6.38. The molecule has 0 spiro atoms. The van der Waals surface area contributed by atoms with Gasteiger partial charge >= 0.3 is 0 Å². The van der Waals surface area contributed by atoms with Crippen molar-refractivity contribution in [2.75, 3.05) is 14.2 Å². The molecule has 18 heavy (non-hydrogen) atoms. The Balaban J connectivity index is 2.47. The first kappa shape index (κ1) is 15.1.